The molecule has 4 atom stereocenters. The maximum Gasteiger partial charge on any atom is 0.416 e. The number of carbonyl (C=O) groups excluding carboxylic acids is 2. The monoisotopic (exact) mass is 523 g/mol. The van der Waals surface area contributed by atoms with Gasteiger partial charge in [-0.3, -0.25) is 14.5 Å². The average molecular weight is 524 g/mol. The van der Waals surface area contributed by atoms with Crippen LogP contribution in [0.1, 0.15) is 17.4 Å². The number of alkyl halides is 3. The number of aliphatic hydroxyl groups is 1. The molecular weight excluding hydrogens is 499 g/mol. The summed E-state index contributed by atoms with van der Waals surface area (Å²) in [5.41, 5.74) is 0.792. The van der Waals surface area contributed by atoms with E-state index in [4.69, 9.17) is 4.74 Å². The highest BCUT2D eigenvalue weighted by Gasteiger charge is 2.42. The molecule has 7 nitrogen and oxygen atoms in total. The fourth-order valence-corrected chi connectivity index (χ4v) is 5.36. The minimum Gasteiger partial charge on any atom is -0.480 e. The highest BCUT2D eigenvalue weighted by molar-refractivity contribution is 5.98. The Bertz CT molecular complexity index is 1400. The predicted octanol–water partition coefficient (Wildman–Crippen LogP) is 3.85. The Morgan fingerprint density at radius 3 is 2.63 bits per heavy atom. The van der Waals surface area contributed by atoms with Crippen LogP contribution in [0.15, 0.2) is 78.6 Å². The van der Waals surface area contributed by atoms with E-state index in [1.165, 1.54) is 6.07 Å². The van der Waals surface area contributed by atoms with E-state index in [2.05, 4.69) is 5.32 Å². The van der Waals surface area contributed by atoms with E-state index in [1.807, 2.05) is 24.3 Å². The first-order chi connectivity index (χ1) is 18.2. The van der Waals surface area contributed by atoms with E-state index >= 15 is 0 Å². The maximum absolute atomic E-state index is 13.2. The van der Waals surface area contributed by atoms with E-state index < -0.39 is 24.0 Å². The molecule has 38 heavy (non-hydrogen) atoms. The number of aliphatic hydroxyl groups excluding tert-OH is 1. The SMILES string of the molecule is O=C1Nc2ccc(-c3cccc(C(F)(F)F)c3)cc2C(O)N2CCN(C(=O)C3=CC4C=CC=CC4O3)CC12. The first-order valence-corrected chi connectivity index (χ1v) is 12.3. The number of carbonyl (C=O) groups is 2. The Kier molecular flexibility index (Phi) is 5.88. The molecule has 1 aliphatic carbocycles. The van der Waals surface area contributed by atoms with E-state index in [1.54, 1.807) is 40.1 Å². The molecule has 4 unspecified atom stereocenters. The third-order valence-corrected chi connectivity index (χ3v) is 7.38. The summed E-state index contributed by atoms with van der Waals surface area (Å²) in [6.07, 6.45) is 3.51. The molecule has 3 heterocycles. The molecule has 10 heteroatoms. The molecule has 0 radical (unpaired) electrons. The van der Waals surface area contributed by atoms with Gasteiger partial charge in [-0.1, -0.05) is 36.4 Å². The molecular formula is C28H24F3N3O4. The lowest BCUT2D eigenvalue weighted by Gasteiger charge is -2.41. The number of halogens is 3. The van der Waals surface area contributed by atoms with Crippen LogP contribution in [0.5, 0.6) is 0 Å². The lowest BCUT2D eigenvalue weighted by Crippen LogP contribution is -2.59. The third-order valence-electron chi connectivity index (χ3n) is 7.38. The van der Waals surface area contributed by atoms with Crippen molar-refractivity contribution in [1.82, 2.24) is 9.80 Å². The number of ether oxygens (including phenoxy) is 1. The molecule has 0 saturated carbocycles. The number of anilines is 1. The summed E-state index contributed by atoms with van der Waals surface area (Å²) in [4.78, 5) is 29.5. The molecule has 0 aromatic heterocycles. The van der Waals surface area contributed by atoms with Gasteiger partial charge in [0.15, 0.2) is 5.76 Å². The molecule has 0 spiro atoms. The molecule has 2 N–H and O–H groups in total. The Morgan fingerprint density at radius 2 is 1.84 bits per heavy atom. The number of fused-ring (bicyclic) bond motifs is 3. The van der Waals surface area contributed by atoms with Crippen LogP contribution < -0.4 is 5.32 Å². The van der Waals surface area contributed by atoms with Crippen molar-refractivity contribution in [3.63, 3.8) is 0 Å². The largest absolute Gasteiger partial charge is 0.480 e. The second-order valence-electron chi connectivity index (χ2n) is 9.71. The number of benzene rings is 2. The molecule has 6 rings (SSSR count). The summed E-state index contributed by atoms with van der Waals surface area (Å²) in [5.74, 6) is -0.457. The third kappa shape index (κ3) is 4.29. The first kappa shape index (κ1) is 24.4. The number of piperazine rings is 1. The van der Waals surface area contributed by atoms with Gasteiger partial charge < -0.3 is 20.1 Å². The minimum atomic E-state index is -4.48. The first-order valence-electron chi connectivity index (χ1n) is 12.3. The highest BCUT2D eigenvalue weighted by atomic mass is 19.4. The highest BCUT2D eigenvalue weighted by Crippen LogP contribution is 2.38. The molecule has 2 aromatic carbocycles. The number of hydrogen-bond acceptors (Lipinski definition) is 5. The maximum atomic E-state index is 13.2. The van der Waals surface area contributed by atoms with Crippen molar-refractivity contribution in [3.05, 3.63) is 89.7 Å². The van der Waals surface area contributed by atoms with Crippen LogP contribution in [0, 0.1) is 5.92 Å². The fourth-order valence-electron chi connectivity index (χ4n) is 5.36. The quantitative estimate of drug-likeness (QED) is 0.625. The van der Waals surface area contributed by atoms with Crippen LogP contribution >= 0.6 is 0 Å². The molecule has 4 aliphatic rings. The molecule has 1 fully saturated rings. The van der Waals surface area contributed by atoms with E-state index in [0.717, 1.165) is 12.1 Å². The summed E-state index contributed by atoms with van der Waals surface area (Å²) >= 11 is 0. The van der Waals surface area contributed by atoms with Crippen LogP contribution in [-0.2, 0) is 20.5 Å². The van der Waals surface area contributed by atoms with E-state index in [0.29, 0.717) is 22.4 Å². The molecule has 196 valence electrons. The van der Waals surface area contributed by atoms with Crippen LogP contribution in [0.3, 0.4) is 0 Å². The normalized spacial score (nSPS) is 26.5. The Labute approximate surface area is 216 Å². The standard InChI is InChI=1S/C28H24F3N3O4/c29-28(30,31)19-6-3-5-16(12-19)17-8-9-21-20(13-17)26(36)34-11-10-33(15-22(34)25(35)32-21)27(37)24-14-18-4-1-2-7-23(18)38-24/h1-9,12-14,18,22-23,26,36H,10-11,15H2,(H,32,35). The van der Waals surface area contributed by atoms with Gasteiger partial charge in [0.2, 0.25) is 5.91 Å². The average Bonchev–Trinajstić information content (AvgIpc) is 3.32. The molecule has 2 aromatic rings. The van der Waals surface area contributed by atoms with Crippen molar-refractivity contribution in [2.45, 2.75) is 24.6 Å². The van der Waals surface area contributed by atoms with Gasteiger partial charge in [-0.25, -0.2) is 0 Å². The van der Waals surface area contributed by atoms with Gasteiger partial charge in [0.25, 0.3) is 5.91 Å². The lowest BCUT2D eigenvalue weighted by molar-refractivity contribution is -0.142. The van der Waals surface area contributed by atoms with Gasteiger partial charge in [0.1, 0.15) is 18.4 Å². The predicted molar refractivity (Wildman–Crippen MR) is 132 cm³/mol. The smallest absolute Gasteiger partial charge is 0.416 e. The van der Waals surface area contributed by atoms with Crippen molar-refractivity contribution in [1.29, 1.82) is 0 Å². The zero-order chi connectivity index (χ0) is 26.6. The summed E-state index contributed by atoms with van der Waals surface area (Å²) in [6, 6.07) is 8.90. The van der Waals surface area contributed by atoms with Crippen molar-refractivity contribution in [2.24, 2.45) is 5.92 Å². The summed E-state index contributed by atoms with van der Waals surface area (Å²) in [5, 5.41) is 14.1. The van der Waals surface area contributed by atoms with E-state index in [9.17, 15) is 27.9 Å². The minimum absolute atomic E-state index is 0.0104. The topological polar surface area (TPSA) is 82.1 Å². The Balaban J connectivity index is 1.23. The van der Waals surface area contributed by atoms with E-state index in [-0.39, 0.29) is 49.2 Å². The zero-order valence-electron chi connectivity index (χ0n) is 20.1. The molecule has 2 amide bonds. The van der Waals surface area contributed by atoms with Crippen molar-refractivity contribution in [2.75, 3.05) is 25.0 Å². The number of hydrogen-bond donors (Lipinski definition) is 2. The van der Waals surface area contributed by atoms with Crippen LogP contribution in [0.4, 0.5) is 18.9 Å². The number of nitrogens with one attached hydrogen (secondary N) is 1. The molecule has 1 saturated heterocycles. The lowest BCUT2D eigenvalue weighted by atomic mass is 9.98. The van der Waals surface area contributed by atoms with Crippen LogP contribution in [0.25, 0.3) is 11.1 Å². The number of rotatable bonds is 2. The Hall–Kier alpha value is -3.89. The van der Waals surface area contributed by atoms with Gasteiger partial charge in [0, 0.05) is 36.8 Å². The van der Waals surface area contributed by atoms with Gasteiger partial charge in [0.05, 0.1) is 5.56 Å². The van der Waals surface area contributed by atoms with Crippen molar-refractivity contribution in [3.8, 4) is 11.1 Å². The van der Waals surface area contributed by atoms with Crippen LogP contribution in [0.2, 0.25) is 0 Å². The van der Waals surface area contributed by atoms with Crippen LogP contribution in [-0.4, -0.2) is 58.5 Å². The second kappa shape index (κ2) is 9.14. The molecule has 3 aliphatic heterocycles. The van der Waals surface area contributed by atoms with Gasteiger partial charge in [-0.2, -0.15) is 13.2 Å². The van der Waals surface area contributed by atoms with Gasteiger partial charge in [-0.15, -0.1) is 0 Å². The summed E-state index contributed by atoms with van der Waals surface area (Å²) in [6.45, 7) is 0.542. The number of allylic oxidation sites excluding steroid dienone is 2. The zero-order valence-corrected chi connectivity index (χ0v) is 20.1. The van der Waals surface area contributed by atoms with Gasteiger partial charge in [-0.05, 0) is 47.5 Å². The van der Waals surface area contributed by atoms with Crippen molar-refractivity contribution < 1.29 is 32.6 Å². The fraction of sp³-hybridized carbons (Fsp3) is 0.286. The number of amides is 2. The summed E-state index contributed by atoms with van der Waals surface area (Å²) in [7, 11) is 0. The van der Waals surface area contributed by atoms with Gasteiger partial charge >= 0.3 is 6.18 Å². The molecule has 0 bridgehead atoms. The number of nitrogens with zero attached hydrogens (tertiary/aromatic N) is 2. The van der Waals surface area contributed by atoms with Crippen molar-refractivity contribution >= 4 is 17.5 Å². The summed E-state index contributed by atoms with van der Waals surface area (Å²) < 4.78 is 45.5. The second-order valence-corrected chi connectivity index (χ2v) is 9.71. The Morgan fingerprint density at radius 1 is 1.05 bits per heavy atom.